The van der Waals surface area contributed by atoms with Crippen LogP contribution < -0.4 is 0 Å². The fourth-order valence-corrected chi connectivity index (χ4v) is 6.43. The molecule has 2 fully saturated rings. The fourth-order valence-electron chi connectivity index (χ4n) is 5.31. The van der Waals surface area contributed by atoms with Gasteiger partial charge in [-0.2, -0.15) is 18.3 Å². The number of hydrogen-bond acceptors (Lipinski definition) is 7. The van der Waals surface area contributed by atoms with E-state index in [4.69, 9.17) is 0 Å². The summed E-state index contributed by atoms with van der Waals surface area (Å²) in [6.07, 6.45) is -0.255. The summed E-state index contributed by atoms with van der Waals surface area (Å²) in [7, 11) is 0. The molecule has 1 aliphatic carbocycles. The zero-order chi connectivity index (χ0) is 26.3. The predicted molar refractivity (Wildman–Crippen MR) is 128 cm³/mol. The Balaban J connectivity index is 1.43. The van der Waals surface area contributed by atoms with Gasteiger partial charge < -0.3 is 0 Å². The van der Waals surface area contributed by atoms with Crippen LogP contribution in [0.3, 0.4) is 0 Å². The molecule has 8 nitrogen and oxygen atoms in total. The summed E-state index contributed by atoms with van der Waals surface area (Å²) in [5.41, 5.74) is 0.948. The van der Waals surface area contributed by atoms with E-state index >= 15 is 0 Å². The number of piperidine rings is 1. The highest BCUT2D eigenvalue weighted by Gasteiger charge is 2.72. The van der Waals surface area contributed by atoms with Gasteiger partial charge in [0.1, 0.15) is 18.3 Å². The Morgan fingerprint density at radius 1 is 1.11 bits per heavy atom. The van der Waals surface area contributed by atoms with Crippen LogP contribution in [0.2, 0.25) is 0 Å². The molecule has 1 aliphatic heterocycles. The van der Waals surface area contributed by atoms with Gasteiger partial charge in [-0.1, -0.05) is 13.8 Å². The van der Waals surface area contributed by atoms with E-state index in [1.807, 2.05) is 13.8 Å². The van der Waals surface area contributed by atoms with Crippen LogP contribution >= 0.6 is 11.3 Å². The SMILES string of the molecule is Cc1cc(C(F)(F)F)nc(-c2ccnc3cc(CN4C(=O)C5C(C4=O)C5(C)C)sc23)c1Cn1cncn1. The first kappa shape index (κ1) is 23.7. The Hall–Kier alpha value is -3.67. The fraction of sp³-hybridized carbons (Fsp3) is 0.360. The molecule has 0 spiro atoms. The number of aromatic nitrogens is 5. The monoisotopic (exact) mass is 526 g/mol. The number of imide groups is 1. The third kappa shape index (κ3) is 3.73. The molecule has 2 unspecified atom stereocenters. The van der Waals surface area contributed by atoms with E-state index in [1.54, 1.807) is 19.1 Å². The first-order valence-electron chi connectivity index (χ1n) is 11.6. The minimum Gasteiger partial charge on any atom is -0.277 e. The van der Waals surface area contributed by atoms with Crippen molar-refractivity contribution in [1.29, 1.82) is 0 Å². The maximum Gasteiger partial charge on any atom is 0.433 e. The van der Waals surface area contributed by atoms with Gasteiger partial charge in [0.2, 0.25) is 11.8 Å². The van der Waals surface area contributed by atoms with Gasteiger partial charge in [-0.25, -0.2) is 14.6 Å². The van der Waals surface area contributed by atoms with Crippen molar-refractivity contribution in [3.8, 4) is 11.3 Å². The number of carbonyl (C=O) groups is 2. The Morgan fingerprint density at radius 2 is 1.84 bits per heavy atom. The average Bonchev–Trinajstić information content (AvgIpc) is 3.28. The van der Waals surface area contributed by atoms with E-state index in [-0.39, 0.29) is 47.8 Å². The van der Waals surface area contributed by atoms with E-state index in [2.05, 4.69) is 20.1 Å². The normalized spacial score (nSPS) is 20.6. The highest BCUT2D eigenvalue weighted by Crippen LogP contribution is 2.63. The first-order chi connectivity index (χ1) is 17.5. The molecule has 4 aromatic rings. The summed E-state index contributed by atoms with van der Waals surface area (Å²) in [5.74, 6) is -0.897. The van der Waals surface area contributed by atoms with Gasteiger partial charge in [0.15, 0.2) is 0 Å². The van der Waals surface area contributed by atoms with Crippen LogP contribution in [-0.2, 0) is 28.9 Å². The van der Waals surface area contributed by atoms with Crippen LogP contribution in [0.5, 0.6) is 0 Å². The Bertz CT molecular complexity index is 1550. The molecule has 0 radical (unpaired) electrons. The largest absolute Gasteiger partial charge is 0.433 e. The van der Waals surface area contributed by atoms with E-state index in [1.165, 1.54) is 39.8 Å². The summed E-state index contributed by atoms with van der Waals surface area (Å²) in [6, 6.07) is 4.45. The number of fused-ring (bicyclic) bond motifs is 2. The molecule has 2 aliphatic rings. The number of nitrogens with zero attached hydrogens (tertiary/aromatic N) is 6. The molecule has 2 amide bonds. The van der Waals surface area contributed by atoms with Crippen LogP contribution in [-0.4, -0.2) is 41.4 Å². The molecule has 4 aromatic heterocycles. The zero-order valence-corrected chi connectivity index (χ0v) is 20.9. The summed E-state index contributed by atoms with van der Waals surface area (Å²) in [6.45, 7) is 5.76. The smallest absolute Gasteiger partial charge is 0.277 e. The van der Waals surface area contributed by atoms with E-state index in [9.17, 15) is 22.8 Å². The summed E-state index contributed by atoms with van der Waals surface area (Å²) in [5, 5.41) is 4.09. The molecule has 0 bridgehead atoms. The second kappa shape index (κ2) is 7.91. The van der Waals surface area contributed by atoms with Crippen LogP contribution in [0.15, 0.2) is 37.1 Å². The van der Waals surface area contributed by atoms with Crippen LogP contribution in [0, 0.1) is 24.2 Å². The number of hydrogen-bond donors (Lipinski definition) is 0. The van der Waals surface area contributed by atoms with E-state index in [0.29, 0.717) is 26.9 Å². The van der Waals surface area contributed by atoms with Crippen LogP contribution in [0.1, 0.15) is 35.5 Å². The minimum atomic E-state index is -4.62. The molecule has 190 valence electrons. The molecule has 2 atom stereocenters. The lowest BCUT2D eigenvalue weighted by Crippen LogP contribution is -2.35. The van der Waals surface area contributed by atoms with E-state index in [0.717, 1.165) is 10.9 Å². The topological polar surface area (TPSA) is 93.9 Å². The van der Waals surface area contributed by atoms with Gasteiger partial charge in [0.05, 0.1) is 40.8 Å². The van der Waals surface area contributed by atoms with Gasteiger partial charge in [-0.05, 0) is 36.1 Å². The van der Waals surface area contributed by atoms with Gasteiger partial charge in [-0.3, -0.25) is 19.5 Å². The van der Waals surface area contributed by atoms with Crippen molar-refractivity contribution in [2.75, 3.05) is 0 Å². The molecule has 0 N–H and O–H groups in total. The maximum atomic E-state index is 13.7. The first-order valence-corrected chi connectivity index (χ1v) is 12.4. The quantitative estimate of drug-likeness (QED) is 0.357. The molecular weight excluding hydrogens is 505 g/mol. The van der Waals surface area contributed by atoms with E-state index < -0.39 is 11.9 Å². The number of halogens is 3. The average molecular weight is 527 g/mol. The number of alkyl halides is 3. The molecule has 12 heteroatoms. The highest BCUT2D eigenvalue weighted by atomic mass is 32.1. The van der Waals surface area contributed by atoms with Crippen molar-refractivity contribution < 1.29 is 22.8 Å². The number of likely N-dealkylation sites (tertiary alicyclic amines) is 1. The van der Waals surface area contributed by atoms with Crippen molar-refractivity contribution in [1.82, 2.24) is 29.6 Å². The van der Waals surface area contributed by atoms with Gasteiger partial charge in [0, 0.05) is 22.2 Å². The van der Waals surface area contributed by atoms with Crippen LogP contribution in [0.4, 0.5) is 13.2 Å². The van der Waals surface area contributed by atoms with Crippen LogP contribution in [0.25, 0.3) is 21.5 Å². The summed E-state index contributed by atoms with van der Waals surface area (Å²) < 4.78 is 43.3. The number of pyridine rings is 2. The summed E-state index contributed by atoms with van der Waals surface area (Å²) in [4.78, 5) is 40.0. The predicted octanol–water partition coefficient (Wildman–Crippen LogP) is 4.47. The van der Waals surface area contributed by atoms with Crippen molar-refractivity contribution in [3.63, 3.8) is 0 Å². The molecule has 5 heterocycles. The number of aryl methyl sites for hydroxylation is 1. The van der Waals surface area contributed by atoms with Gasteiger partial charge in [0.25, 0.3) is 0 Å². The number of carbonyl (C=O) groups excluding carboxylic acids is 2. The summed E-state index contributed by atoms with van der Waals surface area (Å²) >= 11 is 1.30. The molecule has 6 rings (SSSR count). The standard InChI is InChI=1S/C25H21F3N6O2S/c1-12-6-17(25(26,27)28)32-20(15(12)9-33-11-29-10-31-33)14-4-5-30-16-7-13(37-21(14)16)8-34-22(35)18-19(23(34)36)24(18,2)3/h4-7,10-11,18-19H,8-9H2,1-3H3. The zero-order valence-electron chi connectivity index (χ0n) is 20.1. The minimum absolute atomic E-state index is 0.113. The van der Waals surface area contributed by atoms with Gasteiger partial charge >= 0.3 is 6.18 Å². The number of amides is 2. The van der Waals surface area contributed by atoms with Crippen molar-refractivity contribution >= 4 is 33.4 Å². The molecule has 1 saturated heterocycles. The molecule has 0 aromatic carbocycles. The lowest BCUT2D eigenvalue weighted by atomic mass is 10.0. The Labute approximate surface area is 213 Å². The molecule has 1 saturated carbocycles. The second-order valence-corrected chi connectivity index (χ2v) is 11.2. The van der Waals surface area contributed by atoms with Crippen molar-refractivity contribution in [3.05, 3.63) is 58.7 Å². The maximum absolute atomic E-state index is 13.7. The highest BCUT2D eigenvalue weighted by molar-refractivity contribution is 7.19. The molecular formula is C25H21F3N6O2S. The van der Waals surface area contributed by atoms with Crippen molar-refractivity contribution in [2.45, 2.75) is 40.0 Å². The number of rotatable bonds is 5. The Morgan fingerprint density at radius 3 is 2.49 bits per heavy atom. The third-order valence-electron chi connectivity index (χ3n) is 7.35. The Kier molecular flexibility index (Phi) is 5.07. The third-order valence-corrected chi connectivity index (χ3v) is 8.49. The van der Waals surface area contributed by atoms with Gasteiger partial charge in [-0.15, -0.1) is 11.3 Å². The number of thiophene rings is 1. The second-order valence-electron chi connectivity index (χ2n) is 10.1. The lowest BCUT2D eigenvalue weighted by molar-refractivity contribution is -0.144. The van der Waals surface area contributed by atoms with Crippen molar-refractivity contribution in [2.24, 2.45) is 17.3 Å². The molecule has 37 heavy (non-hydrogen) atoms. The lowest BCUT2D eigenvalue weighted by Gasteiger charge is -2.19.